The third-order valence-electron chi connectivity index (χ3n) is 1.28. The van der Waals surface area contributed by atoms with E-state index in [2.05, 4.69) is 4.98 Å². The Morgan fingerprint density at radius 3 is 3.10 bits per heavy atom. The fraction of sp³-hybridized carbons (Fsp3) is 0. The minimum Gasteiger partial charge on any atom is -0.446 e. The molecule has 2 aromatic rings. The highest BCUT2D eigenvalue weighted by atomic mass is 35.5. The monoisotopic (exact) mass is 153 g/mol. The molecule has 10 heavy (non-hydrogen) atoms. The van der Waals surface area contributed by atoms with E-state index in [1.54, 1.807) is 12.3 Å². The average Bonchev–Trinajstić information content (AvgIpc) is 2.33. The van der Waals surface area contributed by atoms with E-state index in [9.17, 15) is 0 Å². The topological polar surface area (TPSA) is 26.0 Å². The van der Waals surface area contributed by atoms with Crippen molar-refractivity contribution in [1.82, 2.24) is 4.98 Å². The predicted octanol–water partition coefficient (Wildman–Crippen LogP) is 2.48. The van der Waals surface area contributed by atoms with Gasteiger partial charge in [0.2, 0.25) is 5.71 Å². The van der Waals surface area contributed by atoms with Gasteiger partial charge in [0, 0.05) is 5.39 Å². The predicted molar refractivity (Wildman–Crippen MR) is 39.0 cm³/mol. The summed E-state index contributed by atoms with van der Waals surface area (Å²) in [6.07, 6.45) is 1.59. The molecule has 0 saturated carbocycles. The van der Waals surface area contributed by atoms with Crippen LogP contribution in [0, 0.1) is 0 Å². The Morgan fingerprint density at radius 2 is 2.20 bits per heavy atom. The first-order chi connectivity index (χ1) is 4.86. The van der Waals surface area contributed by atoms with Crippen LogP contribution in [-0.2, 0) is 0 Å². The minimum atomic E-state index is 0.461. The Bertz CT molecular complexity index is 355. The lowest BCUT2D eigenvalue weighted by Gasteiger charge is -1.86. The second-order valence-electron chi connectivity index (χ2n) is 1.95. The molecule has 0 bridgehead atoms. The molecule has 2 heterocycles. The van der Waals surface area contributed by atoms with Gasteiger partial charge in [-0.15, -0.1) is 0 Å². The van der Waals surface area contributed by atoms with Gasteiger partial charge in [0.05, 0.1) is 6.26 Å². The van der Waals surface area contributed by atoms with Crippen LogP contribution in [0.4, 0.5) is 0 Å². The molecule has 0 saturated heterocycles. The molecule has 0 aliphatic carbocycles. The first-order valence-corrected chi connectivity index (χ1v) is 3.24. The van der Waals surface area contributed by atoms with Crippen LogP contribution in [0.2, 0.25) is 5.15 Å². The number of aromatic nitrogens is 1. The number of hydrogen-bond donors (Lipinski definition) is 0. The molecule has 0 radical (unpaired) electrons. The van der Waals surface area contributed by atoms with E-state index in [0.717, 1.165) is 5.39 Å². The summed E-state index contributed by atoms with van der Waals surface area (Å²) in [4.78, 5) is 3.93. The molecule has 50 valence electrons. The van der Waals surface area contributed by atoms with Crippen molar-refractivity contribution in [3.05, 3.63) is 29.6 Å². The van der Waals surface area contributed by atoms with Crippen LogP contribution in [0.1, 0.15) is 0 Å². The van der Waals surface area contributed by atoms with Crippen LogP contribution in [-0.4, -0.2) is 4.98 Å². The zero-order chi connectivity index (χ0) is 6.97. The first-order valence-electron chi connectivity index (χ1n) is 2.86. The van der Waals surface area contributed by atoms with E-state index < -0.39 is 0 Å². The van der Waals surface area contributed by atoms with Crippen LogP contribution in [0.25, 0.3) is 11.1 Å². The Labute approximate surface area is 62.4 Å². The van der Waals surface area contributed by atoms with E-state index >= 15 is 0 Å². The Hall–Kier alpha value is -1.02. The zero-order valence-corrected chi connectivity index (χ0v) is 5.80. The SMILES string of the molecule is Clc1ccc2ccoc2n1. The number of nitrogens with zero attached hydrogens (tertiary/aromatic N) is 1. The zero-order valence-electron chi connectivity index (χ0n) is 5.04. The van der Waals surface area contributed by atoms with E-state index in [1.165, 1.54) is 0 Å². The lowest BCUT2D eigenvalue weighted by atomic mass is 10.3. The van der Waals surface area contributed by atoms with Crippen molar-refractivity contribution >= 4 is 22.7 Å². The number of furan rings is 1. The highest BCUT2D eigenvalue weighted by Gasteiger charge is 1.96. The van der Waals surface area contributed by atoms with Crippen LogP contribution in [0.15, 0.2) is 28.9 Å². The summed E-state index contributed by atoms with van der Waals surface area (Å²) in [5, 5.41) is 1.44. The van der Waals surface area contributed by atoms with Gasteiger partial charge in [-0.3, -0.25) is 0 Å². The number of hydrogen-bond acceptors (Lipinski definition) is 2. The maximum Gasteiger partial charge on any atom is 0.227 e. The molecule has 0 spiro atoms. The van der Waals surface area contributed by atoms with Gasteiger partial charge in [0.15, 0.2) is 0 Å². The molecule has 2 aromatic heterocycles. The molecular formula is C7H4ClNO. The van der Waals surface area contributed by atoms with Crippen molar-refractivity contribution in [2.24, 2.45) is 0 Å². The lowest BCUT2D eigenvalue weighted by molar-refractivity contribution is 0.603. The van der Waals surface area contributed by atoms with Crippen LogP contribution in [0.5, 0.6) is 0 Å². The summed E-state index contributed by atoms with van der Waals surface area (Å²) in [5.74, 6) is 0. The van der Waals surface area contributed by atoms with Crippen LogP contribution < -0.4 is 0 Å². The Kier molecular flexibility index (Phi) is 1.14. The average molecular weight is 154 g/mol. The second-order valence-corrected chi connectivity index (χ2v) is 2.34. The normalized spacial score (nSPS) is 10.5. The second kappa shape index (κ2) is 1.99. The standard InChI is InChI=1S/C7H4ClNO/c8-6-2-1-5-3-4-10-7(5)9-6/h1-4H. The molecule has 0 fully saturated rings. The van der Waals surface area contributed by atoms with Gasteiger partial charge in [-0.1, -0.05) is 11.6 Å². The Balaban J connectivity index is 2.86. The van der Waals surface area contributed by atoms with Gasteiger partial charge in [-0.05, 0) is 18.2 Å². The summed E-state index contributed by atoms with van der Waals surface area (Å²) in [6, 6.07) is 5.45. The quantitative estimate of drug-likeness (QED) is 0.544. The summed E-state index contributed by atoms with van der Waals surface area (Å²) in [5.41, 5.74) is 0.590. The lowest BCUT2D eigenvalue weighted by Crippen LogP contribution is -1.71. The Morgan fingerprint density at radius 1 is 1.30 bits per heavy atom. The van der Waals surface area contributed by atoms with Crippen molar-refractivity contribution in [2.45, 2.75) is 0 Å². The van der Waals surface area contributed by atoms with Gasteiger partial charge in [-0.25, -0.2) is 4.98 Å². The third kappa shape index (κ3) is 0.772. The van der Waals surface area contributed by atoms with Gasteiger partial charge in [0.25, 0.3) is 0 Å². The summed E-state index contributed by atoms with van der Waals surface area (Å²) >= 11 is 5.60. The van der Waals surface area contributed by atoms with Gasteiger partial charge in [-0.2, -0.15) is 0 Å². The summed E-state index contributed by atoms with van der Waals surface area (Å²) in [7, 11) is 0. The molecule has 2 nitrogen and oxygen atoms in total. The van der Waals surface area contributed by atoms with Crippen molar-refractivity contribution in [3.63, 3.8) is 0 Å². The fourth-order valence-electron chi connectivity index (χ4n) is 0.822. The van der Waals surface area contributed by atoms with Crippen molar-refractivity contribution in [3.8, 4) is 0 Å². The first kappa shape index (κ1) is 5.74. The molecule has 0 amide bonds. The number of fused-ring (bicyclic) bond motifs is 1. The minimum absolute atomic E-state index is 0.461. The molecule has 0 N–H and O–H groups in total. The van der Waals surface area contributed by atoms with Crippen LogP contribution in [0.3, 0.4) is 0 Å². The number of pyridine rings is 1. The van der Waals surface area contributed by atoms with Gasteiger partial charge >= 0.3 is 0 Å². The van der Waals surface area contributed by atoms with E-state index in [-0.39, 0.29) is 0 Å². The highest BCUT2D eigenvalue weighted by molar-refractivity contribution is 6.29. The van der Waals surface area contributed by atoms with E-state index in [0.29, 0.717) is 10.9 Å². The van der Waals surface area contributed by atoms with Gasteiger partial charge < -0.3 is 4.42 Å². The number of halogens is 1. The molecule has 0 aliphatic heterocycles. The van der Waals surface area contributed by atoms with Crippen molar-refractivity contribution < 1.29 is 4.42 Å². The molecule has 0 aromatic carbocycles. The molecule has 2 rings (SSSR count). The molecule has 0 aliphatic rings. The van der Waals surface area contributed by atoms with E-state index in [4.69, 9.17) is 16.0 Å². The smallest absolute Gasteiger partial charge is 0.227 e. The summed E-state index contributed by atoms with van der Waals surface area (Å²) in [6.45, 7) is 0. The highest BCUT2D eigenvalue weighted by Crippen LogP contribution is 2.15. The maximum atomic E-state index is 5.60. The molecular weight excluding hydrogens is 150 g/mol. The van der Waals surface area contributed by atoms with Gasteiger partial charge in [0.1, 0.15) is 5.15 Å². The largest absolute Gasteiger partial charge is 0.446 e. The fourth-order valence-corrected chi connectivity index (χ4v) is 0.961. The van der Waals surface area contributed by atoms with Crippen molar-refractivity contribution in [1.29, 1.82) is 0 Å². The molecule has 0 atom stereocenters. The molecule has 3 heteroatoms. The number of rotatable bonds is 0. The van der Waals surface area contributed by atoms with Crippen LogP contribution >= 0.6 is 11.6 Å². The maximum absolute atomic E-state index is 5.60. The van der Waals surface area contributed by atoms with Crippen molar-refractivity contribution in [2.75, 3.05) is 0 Å². The third-order valence-corrected chi connectivity index (χ3v) is 1.49. The molecule has 0 unspecified atom stereocenters. The summed E-state index contributed by atoms with van der Waals surface area (Å²) < 4.78 is 5.00. The van der Waals surface area contributed by atoms with E-state index in [1.807, 2.05) is 12.1 Å².